The summed E-state index contributed by atoms with van der Waals surface area (Å²) in [5.74, 6) is 0. The second-order valence-corrected chi connectivity index (χ2v) is 4.42. The van der Waals surface area contributed by atoms with E-state index in [0.29, 0.717) is 12.2 Å². The Kier molecular flexibility index (Phi) is 4.44. The predicted octanol–water partition coefficient (Wildman–Crippen LogP) is 1.40. The zero-order valence-corrected chi connectivity index (χ0v) is 11.3. The number of carbonyl (C=O) groups excluding carboxylic acids is 1. The average molecular weight is 290 g/mol. The monoisotopic (exact) mass is 290 g/mol. The summed E-state index contributed by atoms with van der Waals surface area (Å²) >= 11 is 0. The zero-order valence-electron chi connectivity index (χ0n) is 11.3. The van der Waals surface area contributed by atoms with E-state index in [1.54, 1.807) is 17.1 Å². The van der Waals surface area contributed by atoms with Gasteiger partial charge in [-0.15, -0.1) is 0 Å². The van der Waals surface area contributed by atoms with Crippen molar-refractivity contribution in [2.24, 2.45) is 0 Å². The predicted molar refractivity (Wildman–Crippen MR) is 74.7 cm³/mol. The van der Waals surface area contributed by atoms with Crippen LogP contribution in [0.25, 0.3) is 0 Å². The number of non-ortho nitro benzene ring substituents is 1. The van der Waals surface area contributed by atoms with Crippen molar-refractivity contribution < 1.29 is 9.72 Å². The zero-order chi connectivity index (χ0) is 15.2. The van der Waals surface area contributed by atoms with E-state index in [1.165, 1.54) is 24.5 Å². The number of hydrogen-bond acceptors (Lipinski definition) is 5. The molecule has 21 heavy (non-hydrogen) atoms. The fourth-order valence-corrected chi connectivity index (χ4v) is 1.74. The van der Waals surface area contributed by atoms with Crippen molar-refractivity contribution in [3.05, 3.63) is 47.0 Å². The molecule has 0 radical (unpaired) electrons. The lowest BCUT2D eigenvalue weighted by atomic mass is 10.3. The standard InChI is InChI=1S/C12H14N6O3/c1-9(6-17-8-13-7-14-17)15-12(19)16-10-3-2-4-11(5-10)18(20)21/h2-5,7-9H,6H2,1H3,(H2,15,16,19). The molecule has 0 saturated carbocycles. The number of anilines is 1. The van der Waals surface area contributed by atoms with E-state index in [0.717, 1.165) is 0 Å². The number of aromatic nitrogens is 3. The lowest BCUT2D eigenvalue weighted by Crippen LogP contribution is -2.38. The van der Waals surface area contributed by atoms with Gasteiger partial charge in [-0.05, 0) is 13.0 Å². The molecule has 110 valence electrons. The number of nitrogens with one attached hydrogen (secondary N) is 2. The summed E-state index contributed by atoms with van der Waals surface area (Å²) in [4.78, 5) is 25.7. The number of nitrogens with zero attached hydrogens (tertiary/aromatic N) is 4. The first-order chi connectivity index (χ1) is 10.0. The van der Waals surface area contributed by atoms with Gasteiger partial charge in [-0.25, -0.2) is 9.78 Å². The van der Waals surface area contributed by atoms with Crippen LogP contribution in [0.2, 0.25) is 0 Å². The average Bonchev–Trinajstić information content (AvgIpc) is 2.91. The van der Waals surface area contributed by atoms with E-state index >= 15 is 0 Å². The van der Waals surface area contributed by atoms with Crippen LogP contribution in [0.3, 0.4) is 0 Å². The highest BCUT2D eigenvalue weighted by Gasteiger charge is 2.10. The lowest BCUT2D eigenvalue weighted by molar-refractivity contribution is -0.384. The molecular formula is C12H14N6O3. The number of amides is 2. The number of nitro groups is 1. The topological polar surface area (TPSA) is 115 Å². The van der Waals surface area contributed by atoms with Gasteiger partial charge in [-0.3, -0.25) is 14.8 Å². The van der Waals surface area contributed by atoms with Crippen molar-refractivity contribution in [2.45, 2.75) is 19.5 Å². The summed E-state index contributed by atoms with van der Waals surface area (Å²) in [6, 6.07) is 5.12. The number of nitro benzene ring substituents is 1. The van der Waals surface area contributed by atoms with Gasteiger partial charge in [0.05, 0.1) is 11.5 Å². The number of rotatable bonds is 5. The smallest absolute Gasteiger partial charge is 0.319 e. The van der Waals surface area contributed by atoms with E-state index in [4.69, 9.17) is 0 Å². The molecule has 2 rings (SSSR count). The maximum absolute atomic E-state index is 11.8. The molecule has 0 spiro atoms. The summed E-state index contributed by atoms with van der Waals surface area (Å²) in [6.45, 7) is 2.29. The van der Waals surface area contributed by atoms with Gasteiger partial charge in [0, 0.05) is 23.9 Å². The van der Waals surface area contributed by atoms with Crippen molar-refractivity contribution >= 4 is 17.4 Å². The van der Waals surface area contributed by atoms with Crippen LogP contribution in [0.1, 0.15) is 6.92 Å². The Morgan fingerprint density at radius 2 is 2.33 bits per heavy atom. The van der Waals surface area contributed by atoms with E-state index < -0.39 is 11.0 Å². The van der Waals surface area contributed by atoms with Gasteiger partial charge in [-0.2, -0.15) is 5.10 Å². The Morgan fingerprint density at radius 3 is 3.00 bits per heavy atom. The molecule has 2 amide bonds. The number of hydrogen-bond donors (Lipinski definition) is 2. The van der Waals surface area contributed by atoms with Gasteiger partial charge < -0.3 is 10.6 Å². The van der Waals surface area contributed by atoms with E-state index in [1.807, 2.05) is 6.92 Å². The molecule has 9 heteroatoms. The van der Waals surface area contributed by atoms with E-state index in [-0.39, 0.29) is 11.7 Å². The molecular weight excluding hydrogens is 276 g/mol. The fourth-order valence-electron chi connectivity index (χ4n) is 1.74. The first kappa shape index (κ1) is 14.4. The molecule has 2 aromatic rings. The third-order valence-electron chi connectivity index (χ3n) is 2.62. The minimum atomic E-state index is -0.517. The van der Waals surface area contributed by atoms with Crippen LogP contribution in [0.5, 0.6) is 0 Å². The van der Waals surface area contributed by atoms with Crippen LogP contribution < -0.4 is 10.6 Å². The molecule has 1 unspecified atom stereocenters. The van der Waals surface area contributed by atoms with Gasteiger partial charge in [-0.1, -0.05) is 6.07 Å². The quantitative estimate of drug-likeness (QED) is 0.638. The van der Waals surface area contributed by atoms with Crippen LogP contribution in [0.15, 0.2) is 36.9 Å². The summed E-state index contributed by atoms with van der Waals surface area (Å²) in [6.07, 6.45) is 2.96. The molecule has 1 aromatic carbocycles. The van der Waals surface area contributed by atoms with Crippen molar-refractivity contribution in [1.29, 1.82) is 0 Å². The van der Waals surface area contributed by atoms with Crippen LogP contribution in [-0.2, 0) is 6.54 Å². The van der Waals surface area contributed by atoms with Gasteiger partial charge in [0.15, 0.2) is 0 Å². The first-order valence-electron chi connectivity index (χ1n) is 6.19. The molecule has 0 aliphatic carbocycles. The van der Waals surface area contributed by atoms with Crippen LogP contribution in [-0.4, -0.2) is 31.8 Å². The molecule has 1 aromatic heterocycles. The van der Waals surface area contributed by atoms with Gasteiger partial charge in [0.25, 0.3) is 5.69 Å². The van der Waals surface area contributed by atoms with Crippen molar-refractivity contribution in [1.82, 2.24) is 20.1 Å². The van der Waals surface area contributed by atoms with Crippen molar-refractivity contribution in [3.63, 3.8) is 0 Å². The minimum Gasteiger partial charge on any atom is -0.334 e. The lowest BCUT2D eigenvalue weighted by Gasteiger charge is -2.14. The highest BCUT2D eigenvalue weighted by atomic mass is 16.6. The third kappa shape index (κ3) is 4.27. The van der Waals surface area contributed by atoms with Crippen LogP contribution >= 0.6 is 0 Å². The molecule has 0 aliphatic heterocycles. The summed E-state index contributed by atoms with van der Waals surface area (Å²) in [5, 5.41) is 19.8. The molecule has 0 saturated heterocycles. The third-order valence-corrected chi connectivity index (χ3v) is 2.62. The Bertz CT molecular complexity index is 628. The maximum atomic E-state index is 11.8. The Hall–Kier alpha value is -2.97. The minimum absolute atomic E-state index is 0.0801. The molecule has 0 bridgehead atoms. The fraction of sp³-hybridized carbons (Fsp3) is 0.250. The normalized spacial score (nSPS) is 11.7. The highest BCUT2D eigenvalue weighted by Crippen LogP contribution is 2.16. The van der Waals surface area contributed by atoms with E-state index in [9.17, 15) is 14.9 Å². The maximum Gasteiger partial charge on any atom is 0.319 e. The second kappa shape index (κ2) is 6.46. The molecule has 9 nitrogen and oxygen atoms in total. The Morgan fingerprint density at radius 1 is 1.52 bits per heavy atom. The van der Waals surface area contributed by atoms with Crippen LogP contribution in [0, 0.1) is 10.1 Å². The van der Waals surface area contributed by atoms with Gasteiger partial charge in [0.2, 0.25) is 0 Å². The second-order valence-electron chi connectivity index (χ2n) is 4.42. The summed E-state index contributed by atoms with van der Waals surface area (Å²) in [5.41, 5.74) is 0.276. The van der Waals surface area contributed by atoms with Gasteiger partial charge in [0.1, 0.15) is 12.7 Å². The van der Waals surface area contributed by atoms with Crippen molar-refractivity contribution in [2.75, 3.05) is 5.32 Å². The Balaban J connectivity index is 1.89. The van der Waals surface area contributed by atoms with Crippen molar-refractivity contribution in [3.8, 4) is 0 Å². The molecule has 2 N–H and O–H groups in total. The molecule has 1 heterocycles. The SMILES string of the molecule is CC(Cn1cncn1)NC(=O)Nc1cccc([N+](=O)[O-])c1. The summed E-state index contributed by atoms with van der Waals surface area (Å²) < 4.78 is 1.60. The first-order valence-corrected chi connectivity index (χ1v) is 6.19. The number of urea groups is 1. The number of benzene rings is 1. The van der Waals surface area contributed by atoms with Gasteiger partial charge >= 0.3 is 6.03 Å². The number of carbonyl (C=O) groups is 1. The Labute approximate surface area is 120 Å². The van der Waals surface area contributed by atoms with Crippen LogP contribution in [0.4, 0.5) is 16.2 Å². The molecule has 0 fully saturated rings. The summed E-state index contributed by atoms with van der Waals surface area (Å²) in [7, 11) is 0. The largest absolute Gasteiger partial charge is 0.334 e. The highest BCUT2D eigenvalue weighted by molar-refractivity contribution is 5.89. The molecule has 1 atom stereocenters. The van der Waals surface area contributed by atoms with E-state index in [2.05, 4.69) is 20.7 Å². The molecule has 0 aliphatic rings.